The van der Waals surface area contributed by atoms with Gasteiger partial charge < -0.3 is 14.6 Å². The molecule has 0 aromatic rings. The lowest BCUT2D eigenvalue weighted by molar-refractivity contribution is -0.297. The second-order valence-corrected chi connectivity index (χ2v) is 1.74. The molecule has 0 saturated heterocycles. The summed E-state index contributed by atoms with van der Waals surface area (Å²) in [5, 5.41) is 7.31. The highest BCUT2D eigenvalue weighted by molar-refractivity contribution is 5.65. The lowest BCUT2D eigenvalue weighted by Crippen LogP contribution is -2.17. The summed E-state index contributed by atoms with van der Waals surface area (Å²) in [6.07, 6.45) is -7.43. The first-order valence-corrected chi connectivity index (χ1v) is 3.31. The van der Waals surface area contributed by atoms with Crippen LogP contribution in [0.25, 0.3) is 0 Å². The molecule has 0 bridgehead atoms. The SMILES string of the molecule is CCOC(C)=O.O=C(O)OC(F)(F)F. The van der Waals surface area contributed by atoms with Crippen molar-refractivity contribution in [1.29, 1.82) is 0 Å². The molecule has 0 aromatic heterocycles. The summed E-state index contributed by atoms with van der Waals surface area (Å²) in [5.41, 5.74) is 0. The molecule has 14 heavy (non-hydrogen) atoms. The van der Waals surface area contributed by atoms with E-state index in [0.29, 0.717) is 6.61 Å². The van der Waals surface area contributed by atoms with Crippen molar-refractivity contribution >= 4 is 12.1 Å². The Hall–Kier alpha value is -1.47. The van der Waals surface area contributed by atoms with Gasteiger partial charge >= 0.3 is 18.5 Å². The quantitative estimate of drug-likeness (QED) is 0.679. The number of carboxylic acid groups (broad SMARTS) is 1. The highest BCUT2D eigenvalue weighted by atomic mass is 19.4. The molecule has 0 rings (SSSR count). The van der Waals surface area contributed by atoms with Crippen LogP contribution in [0.4, 0.5) is 18.0 Å². The van der Waals surface area contributed by atoms with Crippen molar-refractivity contribution < 1.29 is 37.3 Å². The van der Waals surface area contributed by atoms with Gasteiger partial charge in [-0.05, 0) is 6.92 Å². The first-order chi connectivity index (χ1) is 6.19. The van der Waals surface area contributed by atoms with Crippen molar-refractivity contribution in [2.45, 2.75) is 20.2 Å². The van der Waals surface area contributed by atoms with Gasteiger partial charge in [0.2, 0.25) is 0 Å². The van der Waals surface area contributed by atoms with Crippen molar-refractivity contribution in [2.75, 3.05) is 6.61 Å². The zero-order chi connectivity index (χ0) is 11.8. The highest BCUT2D eigenvalue weighted by Gasteiger charge is 2.33. The first kappa shape index (κ1) is 15.0. The third kappa shape index (κ3) is 22.4. The van der Waals surface area contributed by atoms with E-state index in [4.69, 9.17) is 9.90 Å². The summed E-state index contributed by atoms with van der Waals surface area (Å²) in [5.74, 6) is -0.211. The number of halogens is 3. The van der Waals surface area contributed by atoms with E-state index in [9.17, 15) is 18.0 Å². The fraction of sp³-hybridized carbons (Fsp3) is 0.667. The van der Waals surface area contributed by atoms with Gasteiger partial charge in [0.1, 0.15) is 0 Å². The van der Waals surface area contributed by atoms with Crippen molar-refractivity contribution in [3.8, 4) is 0 Å². The minimum absolute atomic E-state index is 0.211. The van der Waals surface area contributed by atoms with Crippen LogP contribution in [0.1, 0.15) is 13.8 Å². The largest absolute Gasteiger partial charge is 0.577 e. The Labute approximate surface area is 77.4 Å². The van der Waals surface area contributed by atoms with Crippen molar-refractivity contribution in [1.82, 2.24) is 0 Å². The zero-order valence-corrected chi connectivity index (χ0v) is 7.42. The van der Waals surface area contributed by atoms with E-state index in [1.54, 1.807) is 6.92 Å². The molecule has 0 aliphatic carbocycles. The molecule has 0 aliphatic heterocycles. The van der Waals surface area contributed by atoms with Gasteiger partial charge in [0, 0.05) is 6.92 Å². The molecular weight excluding hydrogens is 209 g/mol. The number of hydrogen-bond donors (Lipinski definition) is 1. The molecule has 0 atom stereocenters. The van der Waals surface area contributed by atoms with E-state index in [1.165, 1.54) is 6.92 Å². The fourth-order valence-corrected chi connectivity index (χ4v) is 0.302. The monoisotopic (exact) mass is 218 g/mol. The highest BCUT2D eigenvalue weighted by Crippen LogP contribution is 2.15. The predicted molar refractivity (Wildman–Crippen MR) is 37.5 cm³/mol. The van der Waals surface area contributed by atoms with Gasteiger partial charge in [-0.2, -0.15) is 0 Å². The van der Waals surface area contributed by atoms with Gasteiger partial charge in [-0.3, -0.25) is 4.79 Å². The fourth-order valence-electron chi connectivity index (χ4n) is 0.302. The summed E-state index contributed by atoms with van der Waals surface area (Å²) in [7, 11) is 0. The second kappa shape index (κ2) is 6.98. The normalized spacial score (nSPS) is 9.50. The lowest BCUT2D eigenvalue weighted by Gasteiger charge is -2.00. The summed E-state index contributed by atoms with van der Waals surface area (Å²) >= 11 is 0. The maximum absolute atomic E-state index is 10.7. The Morgan fingerprint density at radius 1 is 1.36 bits per heavy atom. The number of hydrogen-bond acceptors (Lipinski definition) is 4. The Kier molecular flexibility index (Phi) is 7.49. The predicted octanol–water partition coefficient (Wildman–Crippen LogP) is 1.77. The van der Waals surface area contributed by atoms with E-state index in [0.717, 1.165) is 0 Å². The molecule has 0 radical (unpaired) electrons. The average Bonchev–Trinajstić information content (AvgIpc) is 1.80. The molecule has 84 valence electrons. The first-order valence-electron chi connectivity index (χ1n) is 3.31. The van der Waals surface area contributed by atoms with Crippen LogP contribution in [0.2, 0.25) is 0 Å². The van der Waals surface area contributed by atoms with Gasteiger partial charge in [0.05, 0.1) is 6.61 Å². The maximum Gasteiger partial charge on any atom is 0.577 e. The van der Waals surface area contributed by atoms with Gasteiger partial charge in [-0.25, -0.2) is 4.79 Å². The van der Waals surface area contributed by atoms with E-state index in [2.05, 4.69) is 9.47 Å². The molecule has 0 aromatic carbocycles. The van der Waals surface area contributed by atoms with Crippen LogP contribution in [0.5, 0.6) is 0 Å². The number of esters is 1. The summed E-state index contributed by atoms with van der Waals surface area (Å²) in [6, 6.07) is 0. The summed E-state index contributed by atoms with van der Waals surface area (Å²) in [4.78, 5) is 18.9. The van der Waals surface area contributed by atoms with Gasteiger partial charge in [-0.15, -0.1) is 13.2 Å². The molecular formula is C6H9F3O5. The molecule has 0 fully saturated rings. The Balaban J connectivity index is 0. The standard InChI is InChI=1S/C4H8O2.C2HF3O3/c1-3-6-4(2)5;3-2(4,5)8-1(6)7/h3H2,1-2H3;(H,6,7). The Bertz CT molecular complexity index is 188. The molecule has 0 heterocycles. The van der Waals surface area contributed by atoms with Crippen LogP contribution in [0.3, 0.4) is 0 Å². The number of ether oxygens (including phenoxy) is 2. The number of rotatable bonds is 1. The van der Waals surface area contributed by atoms with E-state index < -0.39 is 12.5 Å². The maximum atomic E-state index is 10.7. The van der Waals surface area contributed by atoms with Crippen molar-refractivity contribution in [3.63, 3.8) is 0 Å². The van der Waals surface area contributed by atoms with E-state index >= 15 is 0 Å². The van der Waals surface area contributed by atoms with Crippen LogP contribution < -0.4 is 0 Å². The number of carbonyl (C=O) groups excluding carboxylic acids is 1. The van der Waals surface area contributed by atoms with Crippen LogP contribution >= 0.6 is 0 Å². The third-order valence-corrected chi connectivity index (χ3v) is 0.551. The second-order valence-electron chi connectivity index (χ2n) is 1.74. The molecule has 8 heteroatoms. The lowest BCUT2D eigenvalue weighted by atomic mass is 10.8. The molecule has 0 aliphatic rings. The molecule has 0 unspecified atom stereocenters. The molecule has 0 amide bonds. The average molecular weight is 218 g/mol. The molecule has 0 saturated carbocycles. The van der Waals surface area contributed by atoms with Crippen molar-refractivity contribution in [3.05, 3.63) is 0 Å². The topological polar surface area (TPSA) is 72.8 Å². The van der Waals surface area contributed by atoms with Crippen molar-refractivity contribution in [2.24, 2.45) is 0 Å². The molecule has 5 nitrogen and oxygen atoms in total. The minimum atomic E-state index is -5.08. The Morgan fingerprint density at radius 2 is 1.79 bits per heavy atom. The zero-order valence-electron chi connectivity index (χ0n) is 7.42. The Morgan fingerprint density at radius 3 is 1.79 bits per heavy atom. The van der Waals surface area contributed by atoms with E-state index in [1.807, 2.05) is 0 Å². The van der Waals surface area contributed by atoms with Crippen LogP contribution in [0, 0.1) is 0 Å². The van der Waals surface area contributed by atoms with Crippen LogP contribution in [-0.4, -0.2) is 30.2 Å². The number of carbonyl (C=O) groups is 2. The van der Waals surface area contributed by atoms with Gasteiger partial charge in [-0.1, -0.05) is 0 Å². The number of alkyl halides is 3. The minimum Gasteiger partial charge on any atom is -0.466 e. The van der Waals surface area contributed by atoms with Crippen LogP contribution in [0.15, 0.2) is 0 Å². The van der Waals surface area contributed by atoms with Crippen LogP contribution in [-0.2, 0) is 14.3 Å². The molecule has 0 spiro atoms. The smallest absolute Gasteiger partial charge is 0.466 e. The van der Waals surface area contributed by atoms with Gasteiger partial charge in [0.25, 0.3) is 0 Å². The summed E-state index contributed by atoms with van der Waals surface area (Å²) in [6.45, 7) is 3.65. The van der Waals surface area contributed by atoms with Gasteiger partial charge in [0.15, 0.2) is 0 Å². The third-order valence-electron chi connectivity index (χ3n) is 0.551. The molecule has 1 N–H and O–H groups in total. The van der Waals surface area contributed by atoms with E-state index in [-0.39, 0.29) is 5.97 Å². The summed E-state index contributed by atoms with van der Waals surface area (Å²) < 4.78 is 38.9.